The zero-order valence-corrected chi connectivity index (χ0v) is 10.5. The van der Waals surface area contributed by atoms with Gasteiger partial charge in [0.2, 0.25) is 0 Å². The minimum Gasteiger partial charge on any atom is -0.256 e. The molecule has 0 unspecified atom stereocenters. The fourth-order valence-electron chi connectivity index (χ4n) is 1.97. The molecule has 19 heavy (non-hydrogen) atoms. The molecule has 0 fully saturated rings. The van der Waals surface area contributed by atoms with Gasteiger partial charge in [-0.2, -0.15) is 0 Å². The van der Waals surface area contributed by atoms with Gasteiger partial charge in [-0.05, 0) is 24.1 Å². The van der Waals surface area contributed by atoms with Gasteiger partial charge in [-0.3, -0.25) is 4.98 Å². The lowest BCUT2D eigenvalue weighted by Crippen LogP contribution is -1.89. The number of rotatable bonds is 2. The minimum atomic E-state index is -0.389. The molecule has 0 bridgehead atoms. The number of aryl methyl sites for hydroxylation is 1. The summed E-state index contributed by atoms with van der Waals surface area (Å²) in [6.45, 7) is 1.85. The van der Waals surface area contributed by atoms with Crippen LogP contribution < -0.4 is 0 Å². The zero-order valence-electron chi connectivity index (χ0n) is 15.5. The highest BCUT2D eigenvalue weighted by atomic mass is 14.7. The molecule has 3 aromatic rings. The summed E-state index contributed by atoms with van der Waals surface area (Å²) in [5.74, 6) is 0. The summed E-state index contributed by atoms with van der Waals surface area (Å²) in [5, 5.41) is 0. The van der Waals surface area contributed by atoms with Gasteiger partial charge in [0.05, 0.1) is 12.5 Å². The lowest BCUT2D eigenvalue weighted by Gasteiger charge is -2.08. The maximum absolute atomic E-state index is 8.09. The normalized spacial score (nSPS) is 14.1. The van der Waals surface area contributed by atoms with Crippen LogP contribution in [0.1, 0.15) is 12.4 Å². The van der Waals surface area contributed by atoms with E-state index in [-0.39, 0.29) is 35.8 Å². The van der Waals surface area contributed by atoms with Crippen LogP contribution in [-0.4, -0.2) is 4.98 Å². The molecule has 1 heteroatoms. The van der Waals surface area contributed by atoms with Crippen LogP contribution in [0.2, 0.25) is 0 Å². The molecule has 1 aromatic heterocycles. The van der Waals surface area contributed by atoms with E-state index in [1.165, 1.54) is 0 Å². The highest BCUT2D eigenvalue weighted by Crippen LogP contribution is 2.26. The fourth-order valence-corrected chi connectivity index (χ4v) is 1.97. The molecule has 0 N–H and O–H groups in total. The van der Waals surface area contributed by atoms with Gasteiger partial charge >= 0.3 is 0 Å². The van der Waals surface area contributed by atoms with Gasteiger partial charge in [0, 0.05) is 17.3 Å². The number of hydrogen-bond acceptors (Lipinski definition) is 1. The number of benzene rings is 2. The fraction of sp³-hybridized carbons (Fsp3) is 0.0556. The van der Waals surface area contributed by atoms with E-state index in [1.54, 1.807) is 6.20 Å². The summed E-state index contributed by atoms with van der Waals surface area (Å²) in [5.41, 5.74) is 3.29. The molecule has 1 heterocycles. The molecule has 0 aliphatic rings. The average Bonchev–Trinajstić information content (AvgIpc) is 2.60. The van der Waals surface area contributed by atoms with E-state index >= 15 is 0 Å². The van der Waals surface area contributed by atoms with Crippen LogP contribution in [-0.2, 0) is 0 Å². The first-order valence-electron chi connectivity index (χ1n) is 8.51. The zero-order chi connectivity index (χ0) is 17.4. The molecular weight excluding hydrogens is 230 g/mol. The van der Waals surface area contributed by atoms with Gasteiger partial charge in [-0.1, -0.05) is 60.5 Å². The number of nitrogens with zero attached hydrogens (tertiary/aromatic N) is 1. The van der Waals surface area contributed by atoms with Crippen molar-refractivity contribution in [2.24, 2.45) is 0 Å². The van der Waals surface area contributed by atoms with E-state index in [0.717, 1.165) is 16.8 Å². The Morgan fingerprint density at radius 1 is 0.947 bits per heavy atom. The third-order valence-corrected chi connectivity index (χ3v) is 2.95. The second kappa shape index (κ2) is 5.07. The molecule has 0 spiro atoms. The Hall–Kier alpha value is -2.41. The van der Waals surface area contributed by atoms with Gasteiger partial charge in [-0.25, -0.2) is 0 Å². The molecular formula is C18H15N. The Bertz CT molecular complexity index is 893. The molecule has 0 atom stereocenters. The smallest absolute Gasteiger partial charge is 0.0705 e. The third kappa shape index (κ3) is 2.41. The van der Waals surface area contributed by atoms with Crippen LogP contribution in [0, 0.1) is 6.92 Å². The van der Waals surface area contributed by atoms with Crippen molar-refractivity contribution in [2.45, 2.75) is 6.92 Å². The van der Waals surface area contributed by atoms with E-state index in [0.29, 0.717) is 5.56 Å². The van der Waals surface area contributed by atoms with Crippen LogP contribution in [0.5, 0.6) is 0 Å². The molecule has 3 rings (SSSR count). The third-order valence-electron chi connectivity index (χ3n) is 2.95. The SMILES string of the molecule is [2H]c1c([2H])c([2H])c(-c2cnc(-c3ccccc3)cc2C)c([2H])c1[2H]. The molecule has 0 aliphatic heterocycles. The monoisotopic (exact) mass is 250 g/mol. The molecule has 0 aliphatic carbocycles. The number of pyridine rings is 1. The summed E-state index contributed by atoms with van der Waals surface area (Å²) < 4.78 is 39.5. The first kappa shape index (κ1) is 7.25. The Morgan fingerprint density at radius 3 is 2.37 bits per heavy atom. The predicted molar refractivity (Wildman–Crippen MR) is 79.8 cm³/mol. The largest absolute Gasteiger partial charge is 0.256 e. The summed E-state index contributed by atoms with van der Waals surface area (Å²) in [6, 6.07) is 10.1. The van der Waals surface area contributed by atoms with Crippen molar-refractivity contribution in [3.8, 4) is 22.4 Å². The lowest BCUT2D eigenvalue weighted by molar-refractivity contribution is 1.29. The highest BCUT2D eigenvalue weighted by Gasteiger charge is 2.05. The maximum Gasteiger partial charge on any atom is 0.0705 e. The first-order chi connectivity index (χ1) is 11.4. The maximum atomic E-state index is 8.09. The number of aromatic nitrogens is 1. The van der Waals surface area contributed by atoms with E-state index in [4.69, 9.17) is 6.85 Å². The summed E-state index contributed by atoms with van der Waals surface area (Å²) in [6.07, 6.45) is 1.57. The van der Waals surface area contributed by atoms with Crippen molar-refractivity contribution in [3.05, 3.63) is 78.4 Å². The second-order valence-corrected chi connectivity index (χ2v) is 4.25. The molecule has 2 aromatic carbocycles. The second-order valence-electron chi connectivity index (χ2n) is 4.25. The summed E-state index contributed by atoms with van der Waals surface area (Å²) >= 11 is 0. The van der Waals surface area contributed by atoms with Crippen molar-refractivity contribution in [2.75, 3.05) is 0 Å². The van der Waals surface area contributed by atoms with Crippen LogP contribution in [0.4, 0.5) is 0 Å². The van der Waals surface area contributed by atoms with E-state index in [2.05, 4.69) is 4.98 Å². The Morgan fingerprint density at radius 2 is 1.68 bits per heavy atom. The van der Waals surface area contributed by atoms with Crippen LogP contribution in [0.25, 0.3) is 22.4 Å². The highest BCUT2D eigenvalue weighted by molar-refractivity contribution is 5.70. The van der Waals surface area contributed by atoms with E-state index in [1.807, 2.05) is 43.3 Å². The molecule has 0 radical (unpaired) electrons. The standard InChI is InChI=1S/C18H15N/c1-14-12-18(16-10-6-3-7-11-16)19-13-17(14)15-8-4-2-5-9-15/h2-13H,1H3/i2D,4D,5D,8D,9D. The minimum absolute atomic E-state index is 0.186. The van der Waals surface area contributed by atoms with Gasteiger partial charge in [-0.15, -0.1) is 0 Å². The molecule has 0 amide bonds. The van der Waals surface area contributed by atoms with Crippen molar-refractivity contribution < 1.29 is 6.85 Å². The Labute approximate surface area is 120 Å². The predicted octanol–water partition coefficient (Wildman–Crippen LogP) is 4.72. The topological polar surface area (TPSA) is 12.9 Å². The van der Waals surface area contributed by atoms with Gasteiger partial charge < -0.3 is 0 Å². The molecule has 0 saturated carbocycles. The Balaban J connectivity index is 2.19. The summed E-state index contributed by atoms with van der Waals surface area (Å²) in [7, 11) is 0. The quantitative estimate of drug-likeness (QED) is 0.641. The lowest BCUT2D eigenvalue weighted by atomic mass is 10.0. The first-order valence-corrected chi connectivity index (χ1v) is 6.01. The van der Waals surface area contributed by atoms with Gasteiger partial charge in [0.15, 0.2) is 0 Å². The van der Waals surface area contributed by atoms with Crippen molar-refractivity contribution in [1.82, 2.24) is 4.98 Å². The van der Waals surface area contributed by atoms with Crippen LogP contribution in [0.15, 0.2) is 72.8 Å². The van der Waals surface area contributed by atoms with Crippen LogP contribution >= 0.6 is 0 Å². The Kier molecular flexibility index (Phi) is 1.93. The molecule has 92 valence electrons. The molecule has 0 saturated heterocycles. The van der Waals surface area contributed by atoms with E-state index in [9.17, 15) is 0 Å². The van der Waals surface area contributed by atoms with Crippen molar-refractivity contribution in [3.63, 3.8) is 0 Å². The van der Waals surface area contributed by atoms with Gasteiger partial charge in [0.1, 0.15) is 0 Å². The van der Waals surface area contributed by atoms with Gasteiger partial charge in [0.25, 0.3) is 0 Å². The van der Waals surface area contributed by atoms with Crippen molar-refractivity contribution >= 4 is 0 Å². The average molecular weight is 250 g/mol. The van der Waals surface area contributed by atoms with Crippen molar-refractivity contribution in [1.29, 1.82) is 0 Å². The molecule has 1 nitrogen and oxygen atoms in total. The number of hydrogen-bond donors (Lipinski definition) is 0. The summed E-state index contributed by atoms with van der Waals surface area (Å²) in [4.78, 5) is 4.41. The van der Waals surface area contributed by atoms with Crippen LogP contribution in [0.3, 0.4) is 0 Å². The van der Waals surface area contributed by atoms with E-state index < -0.39 is 0 Å².